The molecule has 0 unspecified atom stereocenters. The maximum atomic E-state index is 6.29. The van der Waals surface area contributed by atoms with E-state index in [1.807, 2.05) is 30.3 Å². The molecular formula is C21H17ClN6. The monoisotopic (exact) mass is 388 g/mol. The average molecular weight is 389 g/mol. The van der Waals surface area contributed by atoms with Gasteiger partial charge in [0, 0.05) is 12.6 Å². The van der Waals surface area contributed by atoms with Crippen LogP contribution in [0.5, 0.6) is 0 Å². The van der Waals surface area contributed by atoms with Gasteiger partial charge >= 0.3 is 0 Å². The highest BCUT2D eigenvalue weighted by atomic mass is 35.5. The number of halogens is 1. The highest BCUT2D eigenvalue weighted by Gasteiger charge is 2.19. The van der Waals surface area contributed by atoms with Crippen LogP contribution >= 0.6 is 11.6 Å². The van der Waals surface area contributed by atoms with Gasteiger partial charge in [0.1, 0.15) is 17.2 Å². The van der Waals surface area contributed by atoms with Crippen LogP contribution in [0.3, 0.4) is 0 Å². The molecule has 0 aliphatic rings. The van der Waals surface area contributed by atoms with Crippen LogP contribution in [0.4, 0.5) is 0 Å². The molecule has 0 fully saturated rings. The first-order valence-corrected chi connectivity index (χ1v) is 9.55. The van der Waals surface area contributed by atoms with Crippen molar-refractivity contribution in [3.05, 3.63) is 77.2 Å². The van der Waals surface area contributed by atoms with E-state index in [0.717, 1.165) is 36.1 Å². The van der Waals surface area contributed by atoms with Gasteiger partial charge in [-0.1, -0.05) is 54.1 Å². The van der Waals surface area contributed by atoms with E-state index in [1.54, 1.807) is 6.20 Å². The molecule has 5 rings (SSSR count). The Balaban J connectivity index is 1.59. The van der Waals surface area contributed by atoms with Crippen molar-refractivity contribution in [2.75, 3.05) is 0 Å². The summed E-state index contributed by atoms with van der Waals surface area (Å²) in [6, 6.07) is 18.5. The molecule has 0 saturated heterocycles. The van der Waals surface area contributed by atoms with Crippen molar-refractivity contribution in [3.8, 4) is 11.4 Å². The Morgan fingerprint density at radius 2 is 1.71 bits per heavy atom. The summed E-state index contributed by atoms with van der Waals surface area (Å²) >= 11 is 6.29. The van der Waals surface area contributed by atoms with Crippen molar-refractivity contribution < 1.29 is 0 Å². The number of aromatic nitrogens is 6. The molecule has 5 aromatic rings. The second-order valence-electron chi connectivity index (χ2n) is 6.65. The zero-order chi connectivity index (χ0) is 18.9. The van der Waals surface area contributed by atoms with Gasteiger partial charge in [0.05, 0.1) is 16.1 Å². The third kappa shape index (κ3) is 2.92. The lowest BCUT2D eigenvalue weighted by Crippen LogP contribution is -2.01. The Labute approximate surface area is 166 Å². The number of benzene rings is 2. The van der Waals surface area contributed by atoms with Gasteiger partial charge in [0.15, 0.2) is 5.65 Å². The van der Waals surface area contributed by atoms with Crippen LogP contribution in [-0.4, -0.2) is 29.8 Å². The Morgan fingerprint density at radius 3 is 2.54 bits per heavy atom. The van der Waals surface area contributed by atoms with E-state index in [1.165, 1.54) is 5.56 Å². The molecule has 6 nitrogen and oxygen atoms in total. The van der Waals surface area contributed by atoms with Crippen LogP contribution in [0.15, 0.2) is 60.8 Å². The summed E-state index contributed by atoms with van der Waals surface area (Å²) in [6.07, 6.45) is 4.44. The van der Waals surface area contributed by atoms with Crippen LogP contribution in [0.1, 0.15) is 17.8 Å². The minimum Gasteiger partial charge on any atom is -0.284 e. The first-order chi connectivity index (χ1) is 13.8. The number of H-pyrrole nitrogens is 1. The summed E-state index contributed by atoms with van der Waals surface area (Å²) in [4.78, 5) is 4.76. The van der Waals surface area contributed by atoms with E-state index in [9.17, 15) is 0 Å². The largest absolute Gasteiger partial charge is 0.284 e. The van der Waals surface area contributed by atoms with Gasteiger partial charge in [-0.2, -0.15) is 5.10 Å². The summed E-state index contributed by atoms with van der Waals surface area (Å²) in [5.41, 5.74) is 5.04. The van der Waals surface area contributed by atoms with Crippen molar-refractivity contribution in [2.24, 2.45) is 0 Å². The van der Waals surface area contributed by atoms with E-state index in [0.29, 0.717) is 22.1 Å². The van der Waals surface area contributed by atoms with Gasteiger partial charge in [-0.05, 0) is 30.5 Å². The van der Waals surface area contributed by atoms with Crippen LogP contribution in [-0.2, 0) is 12.8 Å². The minimum absolute atomic E-state index is 0.512. The zero-order valence-corrected chi connectivity index (χ0v) is 15.8. The first-order valence-electron chi connectivity index (χ1n) is 9.17. The molecule has 0 radical (unpaired) electrons. The topological polar surface area (TPSA) is 71.8 Å². The van der Waals surface area contributed by atoms with E-state index in [4.69, 9.17) is 16.6 Å². The number of nitrogens with zero attached hydrogens (tertiary/aromatic N) is 5. The van der Waals surface area contributed by atoms with Crippen molar-refractivity contribution in [1.29, 1.82) is 0 Å². The Hall–Kier alpha value is -3.25. The van der Waals surface area contributed by atoms with E-state index < -0.39 is 0 Å². The number of para-hydroxylation sites is 2. The summed E-state index contributed by atoms with van der Waals surface area (Å²) in [5, 5.41) is 16.5. The molecule has 0 atom stereocenters. The fourth-order valence-electron chi connectivity index (χ4n) is 3.50. The lowest BCUT2D eigenvalue weighted by molar-refractivity contribution is 0.765. The van der Waals surface area contributed by atoms with Gasteiger partial charge in [0.25, 0.3) is 0 Å². The highest BCUT2D eigenvalue weighted by Crippen LogP contribution is 2.29. The molecule has 0 aliphatic heterocycles. The van der Waals surface area contributed by atoms with Gasteiger partial charge < -0.3 is 0 Å². The van der Waals surface area contributed by atoms with Crippen molar-refractivity contribution >= 4 is 28.3 Å². The van der Waals surface area contributed by atoms with Crippen molar-refractivity contribution in [1.82, 2.24) is 29.8 Å². The van der Waals surface area contributed by atoms with Gasteiger partial charge in [-0.3, -0.25) is 9.50 Å². The lowest BCUT2D eigenvalue weighted by atomic mass is 10.1. The predicted octanol–water partition coefficient (Wildman–Crippen LogP) is 4.50. The molecule has 0 aliphatic carbocycles. The standard InChI is InChI=1S/C21H17ClN6/c22-15-13-23-26-19(15)20-21-27-25-18(12-6-9-14-7-2-1-3-8-14)28(21)17-11-5-4-10-16(17)24-20/h1-5,7-8,10-11,13H,6,9,12H2,(H,23,26). The van der Waals surface area contributed by atoms with E-state index in [2.05, 4.69) is 49.1 Å². The first kappa shape index (κ1) is 16.9. The molecule has 0 spiro atoms. The molecule has 1 N–H and O–H groups in total. The quantitative estimate of drug-likeness (QED) is 0.481. The second-order valence-corrected chi connectivity index (χ2v) is 7.05. The predicted molar refractivity (Wildman–Crippen MR) is 109 cm³/mol. The number of aryl methyl sites for hydroxylation is 2. The molecule has 2 aromatic carbocycles. The van der Waals surface area contributed by atoms with E-state index in [-0.39, 0.29) is 0 Å². The van der Waals surface area contributed by atoms with Crippen molar-refractivity contribution in [3.63, 3.8) is 0 Å². The summed E-state index contributed by atoms with van der Waals surface area (Å²) in [6.45, 7) is 0. The van der Waals surface area contributed by atoms with Crippen LogP contribution in [0.25, 0.3) is 28.1 Å². The summed E-state index contributed by atoms with van der Waals surface area (Å²) in [5.74, 6) is 0.914. The highest BCUT2D eigenvalue weighted by molar-refractivity contribution is 6.33. The SMILES string of the molecule is Clc1c[nH]nc1-c1nc2ccccc2n2c(CCCc3ccccc3)nnc12. The Bertz CT molecular complexity index is 1260. The molecule has 0 amide bonds. The number of aromatic amines is 1. The molecule has 28 heavy (non-hydrogen) atoms. The molecule has 3 aromatic heterocycles. The molecule has 0 saturated carbocycles. The minimum atomic E-state index is 0.512. The molecule has 3 heterocycles. The molecule has 138 valence electrons. The number of hydrogen-bond acceptors (Lipinski definition) is 4. The van der Waals surface area contributed by atoms with Crippen LogP contribution in [0, 0.1) is 0 Å². The average Bonchev–Trinajstić information content (AvgIpc) is 3.35. The van der Waals surface area contributed by atoms with Gasteiger partial charge in [-0.15, -0.1) is 10.2 Å². The fraction of sp³-hybridized carbons (Fsp3) is 0.143. The third-order valence-electron chi connectivity index (χ3n) is 4.82. The number of nitrogens with one attached hydrogen (secondary N) is 1. The number of fused-ring (bicyclic) bond motifs is 3. The van der Waals surface area contributed by atoms with Crippen LogP contribution < -0.4 is 0 Å². The zero-order valence-electron chi connectivity index (χ0n) is 15.0. The van der Waals surface area contributed by atoms with Gasteiger partial charge in [0.2, 0.25) is 0 Å². The normalized spacial score (nSPS) is 11.5. The molecule has 0 bridgehead atoms. The number of rotatable bonds is 5. The second kappa shape index (κ2) is 7.05. The van der Waals surface area contributed by atoms with E-state index >= 15 is 0 Å². The van der Waals surface area contributed by atoms with Crippen LogP contribution in [0.2, 0.25) is 5.02 Å². The Kier molecular flexibility index (Phi) is 4.25. The smallest absolute Gasteiger partial charge is 0.189 e. The van der Waals surface area contributed by atoms with Crippen molar-refractivity contribution in [2.45, 2.75) is 19.3 Å². The maximum absolute atomic E-state index is 6.29. The summed E-state index contributed by atoms with van der Waals surface area (Å²) < 4.78 is 2.08. The van der Waals surface area contributed by atoms with Gasteiger partial charge in [-0.25, -0.2) is 4.98 Å². The lowest BCUT2D eigenvalue weighted by Gasteiger charge is -2.08. The number of hydrogen-bond donors (Lipinski definition) is 1. The molecular weight excluding hydrogens is 372 g/mol. The third-order valence-corrected chi connectivity index (χ3v) is 5.11. The maximum Gasteiger partial charge on any atom is 0.189 e. The fourth-order valence-corrected chi connectivity index (χ4v) is 3.68. The Morgan fingerprint density at radius 1 is 0.893 bits per heavy atom. The molecule has 7 heteroatoms. The summed E-state index contributed by atoms with van der Waals surface area (Å²) in [7, 11) is 0.